The third-order valence-electron chi connectivity index (χ3n) is 3.79. The average Bonchev–Trinajstić information content (AvgIpc) is 3.14. The van der Waals surface area contributed by atoms with Crippen LogP contribution >= 0.6 is 0 Å². The number of rotatable bonds is 6. The monoisotopic (exact) mass is 282 g/mol. The molecule has 110 valence electrons. The van der Waals surface area contributed by atoms with E-state index in [1.807, 2.05) is 0 Å². The van der Waals surface area contributed by atoms with Gasteiger partial charge in [0.25, 0.3) is 0 Å². The van der Waals surface area contributed by atoms with Gasteiger partial charge in [0, 0.05) is 6.54 Å². The first-order valence-corrected chi connectivity index (χ1v) is 6.54. The second-order valence-corrected chi connectivity index (χ2v) is 5.26. The minimum atomic E-state index is -1.20. The summed E-state index contributed by atoms with van der Waals surface area (Å²) < 4.78 is 1.44. The number of nitrogens with one attached hydrogen (secondary N) is 1. The molecule has 0 amide bonds. The average molecular weight is 282 g/mol. The summed E-state index contributed by atoms with van der Waals surface area (Å²) in [4.78, 5) is 22.2. The number of carbonyl (C=O) groups is 1. The van der Waals surface area contributed by atoms with Crippen molar-refractivity contribution < 1.29 is 14.8 Å². The molecule has 1 aromatic heterocycles. The molecule has 0 spiro atoms. The van der Waals surface area contributed by atoms with Gasteiger partial charge < -0.3 is 10.4 Å². The van der Waals surface area contributed by atoms with Gasteiger partial charge in [0.05, 0.1) is 4.92 Å². The number of carboxylic acid groups (broad SMARTS) is 1. The van der Waals surface area contributed by atoms with E-state index in [4.69, 9.17) is 0 Å². The maximum Gasteiger partial charge on any atom is 0.333 e. The lowest BCUT2D eigenvalue weighted by Gasteiger charge is -2.27. The Hall–Kier alpha value is -2.12. The van der Waals surface area contributed by atoms with Crippen LogP contribution in [0.1, 0.15) is 32.4 Å². The molecule has 20 heavy (non-hydrogen) atoms. The SMILES string of the molecule is CCn1nc(C)c([N+](=O)[O-])c1NC(C)(C(=O)O)C1CC1. The Morgan fingerprint density at radius 3 is 2.65 bits per heavy atom. The molecule has 1 aromatic rings. The van der Waals surface area contributed by atoms with Crippen LogP contribution in [0.4, 0.5) is 11.5 Å². The number of carboxylic acids is 1. The molecule has 0 radical (unpaired) electrons. The molecule has 1 atom stereocenters. The van der Waals surface area contributed by atoms with Gasteiger partial charge >= 0.3 is 11.7 Å². The summed E-state index contributed by atoms with van der Waals surface area (Å²) in [6.07, 6.45) is 1.62. The molecular weight excluding hydrogens is 264 g/mol. The number of aryl methyl sites for hydroxylation is 2. The summed E-state index contributed by atoms with van der Waals surface area (Å²) in [5, 5.41) is 27.6. The van der Waals surface area contributed by atoms with Gasteiger partial charge in [0.15, 0.2) is 0 Å². The predicted octanol–water partition coefficient (Wildman–Crippen LogP) is 1.78. The molecule has 8 nitrogen and oxygen atoms in total. The van der Waals surface area contributed by atoms with E-state index in [1.54, 1.807) is 20.8 Å². The highest BCUT2D eigenvalue weighted by Crippen LogP contribution is 2.43. The van der Waals surface area contributed by atoms with E-state index in [1.165, 1.54) is 4.68 Å². The highest BCUT2D eigenvalue weighted by Gasteiger charge is 2.49. The zero-order valence-corrected chi connectivity index (χ0v) is 11.7. The highest BCUT2D eigenvalue weighted by molar-refractivity contribution is 5.84. The Bertz CT molecular complexity index is 564. The van der Waals surface area contributed by atoms with Crippen molar-refractivity contribution in [2.24, 2.45) is 5.92 Å². The van der Waals surface area contributed by atoms with Gasteiger partial charge in [-0.3, -0.25) is 10.1 Å². The van der Waals surface area contributed by atoms with Gasteiger partial charge in [-0.1, -0.05) is 0 Å². The Kier molecular flexibility index (Phi) is 3.41. The molecule has 1 aliphatic carbocycles. The Balaban J connectivity index is 2.46. The van der Waals surface area contributed by atoms with Gasteiger partial charge in [0.1, 0.15) is 11.2 Å². The van der Waals surface area contributed by atoms with Crippen molar-refractivity contribution in [2.45, 2.75) is 45.7 Å². The van der Waals surface area contributed by atoms with Crippen LogP contribution in [0.2, 0.25) is 0 Å². The van der Waals surface area contributed by atoms with Gasteiger partial charge in [-0.25, -0.2) is 9.48 Å². The fourth-order valence-corrected chi connectivity index (χ4v) is 2.38. The molecule has 1 fully saturated rings. The van der Waals surface area contributed by atoms with Crippen molar-refractivity contribution in [2.75, 3.05) is 5.32 Å². The van der Waals surface area contributed by atoms with Crippen molar-refractivity contribution in [3.63, 3.8) is 0 Å². The van der Waals surface area contributed by atoms with Gasteiger partial charge in [0.2, 0.25) is 5.82 Å². The summed E-state index contributed by atoms with van der Waals surface area (Å²) in [7, 11) is 0. The lowest BCUT2D eigenvalue weighted by Crippen LogP contribution is -2.46. The molecular formula is C12H18N4O4. The molecule has 1 heterocycles. The fraction of sp³-hybridized carbons (Fsp3) is 0.667. The number of aromatic nitrogens is 2. The lowest BCUT2D eigenvalue weighted by molar-refractivity contribution is -0.384. The normalized spacial score (nSPS) is 17.6. The van der Waals surface area contributed by atoms with Gasteiger partial charge in [-0.05, 0) is 39.5 Å². The van der Waals surface area contributed by atoms with Crippen LogP contribution < -0.4 is 5.32 Å². The predicted molar refractivity (Wildman–Crippen MR) is 71.7 cm³/mol. The number of nitro groups is 1. The van der Waals surface area contributed by atoms with Crippen molar-refractivity contribution in [1.82, 2.24) is 9.78 Å². The minimum absolute atomic E-state index is 0.0138. The number of anilines is 1. The first-order valence-electron chi connectivity index (χ1n) is 6.54. The van der Waals surface area contributed by atoms with Crippen molar-refractivity contribution in [1.29, 1.82) is 0 Å². The van der Waals surface area contributed by atoms with Crippen LogP contribution in [0, 0.1) is 23.0 Å². The van der Waals surface area contributed by atoms with Crippen molar-refractivity contribution >= 4 is 17.5 Å². The summed E-state index contributed by atoms with van der Waals surface area (Å²) in [6.45, 7) is 5.34. The van der Waals surface area contributed by atoms with Crippen LogP contribution in [0.3, 0.4) is 0 Å². The maximum absolute atomic E-state index is 11.5. The maximum atomic E-state index is 11.5. The zero-order chi connectivity index (χ0) is 15.1. The van der Waals surface area contributed by atoms with Crippen LogP contribution in [0.5, 0.6) is 0 Å². The van der Waals surface area contributed by atoms with E-state index in [2.05, 4.69) is 10.4 Å². The van der Waals surface area contributed by atoms with E-state index < -0.39 is 16.4 Å². The second-order valence-electron chi connectivity index (χ2n) is 5.26. The number of hydrogen-bond donors (Lipinski definition) is 2. The molecule has 1 saturated carbocycles. The Morgan fingerprint density at radius 1 is 1.65 bits per heavy atom. The summed E-state index contributed by atoms with van der Waals surface area (Å²) in [6, 6.07) is 0. The third-order valence-corrected chi connectivity index (χ3v) is 3.79. The van der Waals surface area contributed by atoms with Crippen LogP contribution in [-0.2, 0) is 11.3 Å². The number of nitrogens with zero attached hydrogens (tertiary/aromatic N) is 3. The molecule has 0 bridgehead atoms. The van der Waals surface area contributed by atoms with Crippen LogP contribution in [0.25, 0.3) is 0 Å². The quantitative estimate of drug-likeness (QED) is 0.608. The van der Waals surface area contributed by atoms with Crippen molar-refractivity contribution in [3.05, 3.63) is 15.8 Å². The highest BCUT2D eigenvalue weighted by atomic mass is 16.6. The smallest absolute Gasteiger partial charge is 0.333 e. The van der Waals surface area contributed by atoms with Crippen molar-refractivity contribution in [3.8, 4) is 0 Å². The molecule has 8 heteroatoms. The number of aliphatic carboxylic acids is 1. The molecule has 2 rings (SSSR count). The largest absolute Gasteiger partial charge is 0.480 e. The van der Waals surface area contributed by atoms with Gasteiger partial charge in [-0.15, -0.1) is 0 Å². The van der Waals surface area contributed by atoms with E-state index in [9.17, 15) is 20.0 Å². The van der Waals surface area contributed by atoms with Gasteiger partial charge in [-0.2, -0.15) is 5.10 Å². The summed E-state index contributed by atoms with van der Waals surface area (Å²) in [5.74, 6) is -0.845. The van der Waals surface area contributed by atoms with E-state index in [0.717, 1.165) is 12.8 Å². The molecule has 1 aliphatic rings. The summed E-state index contributed by atoms with van der Waals surface area (Å²) in [5.41, 5.74) is -1.08. The van der Waals surface area contributed by atoms with Crippen LogP contribution in [-0.4, -0.2) is 31.3 Å². The molecule has 2 N–H and O–H groups in total. The molecule has 0 aromatic carbocycles. The second kappa shape index (κ2) is 4.77. The van der Waals surface area contributed by atoms with E-state index in [-0.39, 0.29) is 23.1 Å². The van der Waals surface area contributed by atoms with E-state index in [0.29, 0.717) is 6.54 Å². The first-order chi connectivity index (χ1) is 9.31. The topological polar surface area (TPSA) is 110 Å². The molecule has 0 saturated heterocycles. The standard InChI is InChI=1S/C12H18N4O4/c1-4-15-10(9(16(19)20)7(2)14-15)13-12(3,11(17)18)8-5-6-8/h8,13H,4-6H2,1-3H3,(H,17,18). The third kappa shape index (κ3) is 2.21. The number of hydrogen-bond acceptors (Lipinski definition) is 5. The molecule has 0 aliphatic heterocycles. The molecule has 1 unspecified atom stereocenters. The van der Waals surface area contributed by atoms with E-state index >= 15 is 0 Å². The van der Waals surface area contributed by atoms with Crippen LogP contribution in [0.15, 0.2) is 0 Å². The zero-order valence-electron chi connectivity index (χ0n) is 11.7. The lowest BCUT2D eigenvalue weighted by atomic mass is 9.96. The summed E-state index contributed by atoms with van der Waals surface area (Å²) >= 11 is 0. The fourth-order valence-electron chi connectivity index (χ4n) is 2.38. The Labute approximate surface area is 115 Å². The minimum Gasteiger partial charge on any atom is -0.480 e. The Morgan fingerprint density at radius 2 is 2.25 bits per heavy atom. The first kappa shape index (κ1) is 14.3.